The molecule has 24 heavy (non-hydrogen) atoms. The Morgan fingerprint density at radius 2 is 2.17 bits per heavy atom. The standard InChI is InChI=1S/C17H19N3O3S/c1-4-18-17(24)20-19-10-13-6-8-15(23-13)14-7-5-12(9-11(14)2)16(21)22-3/h5-10H,4H2,1-3H3,(H2,18,20,24). The molecule has 0 atom stereocenters. The van der Waals surface area contributed by atoms with Gasteiger partial charge in [0.25, 0.3) is 0 Å². The fourth-order valence-corrected chi connectivity index (χ4v) is 2.30. The van der Waals surface area contributed by atoms with Crippen LogP contribution in [0.1, 0.15) is 28.6 Å². The molecule has 1 heterocycles. The van der Waals surface area contributed by atoms with Crippen LogP contribution in [0.4, 0.5) is 0 Å². The van der Waals surface area contributed by atoms with Gasteiger partial charge in [-0.05, 0) is 55.9 Å². The number of nitrogens with zero attached hydrogens (tertiary/aromatic N) is 1. The minimum absolute atomic E-state index is 0.361. The van der Waals surface area contributed by atoms with Crippen LogP contribution < -0.4 is 10.7 Å². The number of hydrazone groups is 1. The van der Waals surface area contributed by atoms with Gasteiger partial charge in [0.05, 0.1) is 18.9 Å². The van der Waals surface area contributed by atoms with E-state index in [1.807, 2.05) is 32.0 Å². The lowest BCUT2D eigenvalue weighted by atomic mass is 10.0. The Morgan fingerprint density at radius 3 is 2.83 bits per heavy atom. The molecule has 1 aromatic heterocycles. The monoisotopic (exact) mass is 345 g/mol. The number of benzene rings is 1. The average Bonchev–Trinajstić information content (AvgIpc) is 3.02. The van der Waals surface area contributed by atoms with E-state index in [0.717, 1.165) is 17.7 Å². The van der Waals surface area contributed by atoms with Crippen LogP contribution in [0.2, 0.25) is 0 Å². The molecule has 0 radical (unpaired) electrons. The summed E-state index contributed by atoms with van der Waals surface area (Å²) in [5.41, 5.74) is 5.02. The Bertz CT molecular complexity index is 768. The maximum absolute atomic E-state index is 11.6. The third-order valence-corrected chi connectivity index (χ3v) is 3.47. The van der Waals surface area contributed by atoms with E-state index in [0.29, 0.717) is 22.2 Å². The van der Waals surface area contributed by atoms with Gasteiger partial charge in [0.2, 0.25) is 0 Å². The molecule has 0 saturated heterocycles. The highest BCUT2D eigenvalue weighted by Crippen LogP contribution is 2.26. The first kappa shape index (κ1) is 17.7. The molecule has 0 aliphatic rings. The van der Waals surface area contributed by atoms with Crippen LogP contribution in [-0.4, -0.2) is 31.0 Å². The lowest BCUT2D eigenvalue weighted by Gasteiger charge is -2.05. The van der Waals surface area contributed by atoms with Gasteiger partial charge in [-0.25, -0.2) is 4.79 Å². The van der Waals surface area contributed by atoms with Gasteiger partial charge >= 0.3 is 5.97 Å². The van der Waals surface area contributed by atoms with Gasteiger partial charge in [-0.15, -0.1) is 0 Å². The van der Waals surface area contributed by atoms with Crippen LogP contribution in [0.25, 0.3) is 11.3 Å². The normalized spacial score (nSPS) is 10.6. The van der Waals surface area contributed by atoms with E-state index in [1.165, 1.54) is 7.11 Å². The Morgan fingerprint density at radius 1 is 1.38 bits per heavy atom. The number of hydrogen-bond acceptors (Lipinski definition) is 5. The third-order valence-electron chi connectivity index (χ3n) is 3.23. The fourth-order valence-electron chi connectivity index (χ4n) is 2.11. The van der Waals surface area contributed by atoms with Gasteiger partial charge in [0.1, 0.15) is 11.5 Å². The van der Waals surface area contributed by atoms with E-state index in [4.69, 9.17) is 21.4 Å². The van der Waals surface area contributed by atoms with E-state index in [9.17, 15) is 4.79 Å². The number of ether oxygens (including phenoxy) is 1. The van der Waals surface area contributed by atoms with Crippen molar-refractivity contribution in [1.29, 1.82) is 0 Å². The lowest BCUT2D eigenvalue weighted by molar-refractivity contribution is 0.0600. The summed E-state index contributed by atoms with van der Waals surface area (Å²) >= 11 is 5.01. The van der Waals surface area contributed by atoms with Crippen molar-refractivity contribution in [3.05, 3.63) is 47.2 Å². The second kappa shape index (κ2) is 8.26. The molecule has 1 aromatic carbocycles. The van der Waals surface area contributed by atoms with E-state index in [-0.39, 0.29) is 5.97 Å². The van der Waals surface area contributed by atoms with E-state index >= 15 is 0 Å². The predicted octanol–water partition coefficient (Wildman–Crippen LogP) is 2.86. The molecule has 2 aromatic rings. The average molecular weight is 345 g/mol. The van der Waals surface area contributed by atoms with Gasteiger partial charge in [0.15, 0.2) is 5.11 Å². The summed E-state index contributed by atoms with van der Waals surface area (Å²) in [5.74, 6) is 0.924. The van der Waals surface area contributed by atoms with Crippen molar-refractivity contribution in [2.75, 3.05) is 13.7 Å². The first-order valence-electron chi connectivity index (χ1n) is 7.41. The number of hydrogen-bond donors (Lipinski definition) is 2. The lowest BCUT2D eigenvalue weighted by Crippen LogP contribution is -2.31. The number of carbonyl (C=O) groups excluding carboxylic acids is 1. The van der Waals surface area contributed by atoms with E-state index in [2.05, 4.69) is 15.8 Å². The number of esters is 1. The van der Waals surface area contributed by atoms with Crippen molar-refractivity contribution in [2.24, 2.45) is 5.10 Å². The van der Waals surface area contributed by atoms with Crippen molar-refractivity contribution in [1.82, 2.24) is 10.7 Å². The second-order valence-electron chi connectivity index (χ2n) is 4.95. The van der Waals surface area contributed by atoms with Gasteiger partial charge in [0, 0.05) is 12.1 Å². The quantitative estimate of drug-likeness (QED) is 0.376. The largest absolute Gasteiger partial charge is 0.465 e. The van der Waals surface area contributed by atoms with Crippen LogP contribution in [0.15, 0.2) is 39.9 Å². The maximum Gasteiger partial charge on any atom is 0.337 e. The molecule has 2 rings (SSSR count). The second-order valence-corrected chi connectivity index (χ2v) is 5.36. The smallest absolute Gasteiger partial charge is 0.337 e. The van der Waals surface area contributed by atoms with Crippen molar-refractivity contribution < 1.29 is 13.9 Å². The van der Waals surface area contributed by atoms with Crippen molar-refractivity contribution in [3.8, 4) is 11.3 Å². The summed E-state index contributed by atoms with van der Waals surface area (Å²) in [6.07, 6.45) is 1.55. The fraction of sp³-hybridized carbons (Fsp3) is 0.235. The summed E-state index contributed by atoms with van der Waals surface area (Å²) in [5, 5.41) is 7.39. The van der Waals surface area contributed by atoms with Crippen LogP contribution in [0, 0.1) is 6.92 Å². The molecule has 0 aliphatic carbocycles. The number of nitrogens with one attached hydrogen (secondary N) is 2. The number of aryl methyl sites for hydroxylation is 1. The molecule has 7 heteroatoms. The van der Waals surface area contributed by atoms with Crippen LogP contribution >= 0.6 is 12.2 Å². The Kier molecular flexibility index (Phi) is 6.08. The Labute approximate surface area is 145 Å². The number of rotatable bonds is 5. The third kappa shape index (κ3) is 4.42. The Balaban J connectivity index is 2.11. The highest BCUT2D eigenvalue weighted by molar-refractivity contribution is 7.80. The van der Waals surface area contributed by atoms with Gasteiger partial charge in [-0.3, -0.25) is 5.43 Å². The number of furan rings is 1. The zero-order valence-electron chi connectivity index (χ0n) is 13.8. The first-order valence-corrected chi connectivity index (χ1v) is 7.82. The molecule has 0 amide bonds. The molecule has 0 fully saturated rings. The van der Waals surface area contributed by atoms with Crippen molar-refractivity contribution in [3.63, 3.8) is 0 Å². The maximum atomic E-state index is 11.6. The SMILES string of the molecule is CCNC(=S)NN=Cc1ccc(-c2ccc(C(=O)OC)cc2C)o1. The summed E-state index contributed by atoms with van der Waals surface area (Å²) in [7, 11) is 1.36. The molecule has 0 spiro atoms. The molecule has 0 saturated carbocycles. The van der Waals surface area contributed by atoms with Gasteiger partial charge in [-0.2, -0.15) is 5.10 Å². The van der Waals surface area contributed by atoms with Crippen molar-refractivity contribution >= 4 is 29.5 Å². The summed E-state index contributed by atoms with van der Waals surface area (Å²) in [4.78, 5) is 11.6. The zero-order chi connectivity index (χ0) is 17.5. The van der Waals surface area contributed by atoms with Crippen LogP contribution in [-0.2, 0) is 4.74 Å². The molecular formula is C17H19N3O3S. The Hall–Kier alpha value is -2.67. The summed E-state index contributed by atoms with van der Waals surface area (Å²) in [6, 6.07) is 8.98. The number of methoxy groups -OCH3 is 1. The predicted molar refractivity (Wildman–Crippen MR) is 97.2 cm³/mol. The topological polar surface area (TPSA) is 75.9 Å². The van der Waals surface area contributed by atoms with Gasteiger partial charge < -0.3 is 14.5 Å². The molecule has 0 bridgehead atoms. The molecule has 126 valence electrons. The summed E-state index contributed by atoms with van der Waals surface area (Å²) in [6.45, 7) is 4.59. The highest BCUT2D eigenvalue weighted by atomic mass is 32.1. The minimum atomic E-state index is -0.361. The first-order chi connectivity index (χ1) is 11.5. The van der Waals surface area contributed by atoms with Crippen LogP contribution in [0.5, 0.6) is 0 Å². The molecule has 2 N–H and O–H groups in total. The van der Waals surface area contributed by atoms with E-state index in [1.54, 1.807) is 18.3 Å². The number of carbonyl (C=O) groups is 1. The number of thiocarbonyl (C=S) groups is 1. The summed E-state index contributed by atoms with van der Waals surface area (Å²) < 4.78 is 10.5. The molecule has 0 aliphatic heterocycles. The molecule has 0 unspecified atom stereocenters. The minimum Gasteiger partial charge on any atom is -0.465 e. The van der Waals surface area contributed by atoms with Gasteiger partial charge in [-0.1, -0.05) is 6.07 Å². The van der Waals surface area contributed by atoms with Crippen LogP contribution in [0.3, 0.4) is 0 Å². The van der Waals surface area contributed by atoms with E-state index < -0.39 is 0 Å². The zero-order valence-corrected chi connectivity index (χ0v) is 14.6. The van der Waals surface area contributed by atoms with Crippen molar-refractivity contribution in [2.45, 2.75) is 13.8 Å². The highest BCUT2D eigenvalue weighted by Gasteiger charge is 2.11. The molecular weight excluding hydrogens is 326 g/mol. The molecule has 6 nitrogen and oxygen atoms in total.